The minimum atomic E-state index is -0.437. The summed E-state index contributed by atoms with van der Waals surface area (Å²) >= 11 is 0. The molecule has 1 aliphatic carbocycles. The maximum atomic E-state index is 11.9. The van der Waals surface area contributed by atoms with Crippen LogP contribution in [-0.2, 0) is 21.7 Å². The van der Waals surface area contributed by atoms with Gasteiger partial charge in [-0.05, 0) is 128 Å². The van der Waals surface area contributed by atoms with Crippen molar-refractivity contribution in [3.8, 4) is 5.69 Å². The van der Waals surface area contributed by atoms with Crippen molar-refractivity contribution < 1.29 is 5.11 Å². The third kappa shape index (κ3) is 7.37. The first kappa shape index (κ1) is 41.3. The second kappa shape index (κ2) is 14.3. The molecule has 1 aliphatic rings. The smallest absolute Gasteiger partial charge is 0.118 e. The third-order valence-corrected chi connectivity index (χ3v) is 12.7. The largest absolute Gasteiger partial charge is 0.510 e. The number of hydrogen-bond acceptors (Lipinski definition) is 3. The van der Waals surface area contributed by atoms with E-state index in [2.05, 4.69) is 199 Å². The first-order valence-corrected chi connectivity index (χ1v) is 21.7. The number of aliphatic hydroxyl groups excluding tert-OH is 1. The van der Waals surface area contributed by atoms with E-state index in [1.807, 2.05) is 6.08 Å². The molecule has 1 unspecified atom stereocenters. The van der Waals surface area contributed by atoms with Gasteiger partial charge in [-0.2, -0.15) is 0 Å². The maximum absolute atomic E-state index is 11.9. The summed E-state index contributed by atoms with van der Waals surface area (Å²) in [4.78, 5) is 10.8. The van der Waals surface area contributed by atoms with Crippen molar-refractivity contribution in [1.82, 2.24) is 9.55 Å². The van der Waals surface area contributed by atoms with E-state index < -0.39 is 6.04 Å². The zero-order valence-corrected chi connectivity index (χ0v) is 38.4. The predicted molar refractivity (Wildman–Crippen MR) is 257 cm³/mol. The Labute approximate surface area is 357 Å². The summed E-state index contributed by atoms with van der Waals surface area (Å²) in [6.45, 7) is 31.7. The van der Waals surface area contributed by atoms with Gasteiger partial charge in [-0.15, -0.1) is 0 Å². The molecule has 7 aromatic rings. The molecule has 1 N–H and O–H groups in total. The van der Waals surface area contributed by atoms with Crippen LogP contribution in [0.15, 0.2) is 114 Å². The molecule has 0 aliphatic heterocycles. The van der Waals surface area contributed by atoms with Crippen LogP contribution in [0.1, 0.15) is 128 Å². The summed E-state index contributed by atoms with van der Waals surface area (Å²) in [5.74, 6) is 0.282. The highest BCUT2D eigenvalue weighted by Gasteiger charge is 2.26. The van der Waals surface area contributed by atoms with Gasteiger partial charge in [0.25, 0.3) is 0 Å². The first-order valence-electron chi connectivity index (χ1n) is 21.7. The van der Waals surface area contributed by atoms with Crippen molar-refractivity contribution in [2.24, 2.45) is 4.99 Å². The molecule has 2 aromatic heterocycles. The monoisotopic (exact) mass is 793 g/mol. The molecule has 4 heteroatoms. The van der Waals surface area contributed by atoms with Gasteiger partial charge in [0.1, 0.15) is 11.8 Å². The minimum absolute atomic E-state index is 0.0328. The number of aliphatic hydroxyl groups is 1. The predicted octanol–water partition coefficient (Wildman–Crippen LogP) is 14.5. The van der Waals surface area contributed by atoms with E-state index in [-0.39, 0.29) is 27.4 Å². The zero-order chi connectivity index (χ0) is 43.3. The Kier molecular flexibility index (Phi) is 9.85. The summed E-state index contributed by atoms with van der Waals surface area (Å²) in [7, 11) is 0. The summed E-state index contributed by atoms with van der Waals surface area (Å²) in [5, 5.41) is 18.3. The van der Waals surface area contributed by atoms with Gasteiger partial charge in [-0.1, -0.05) is 144 Å². The lowest BCUT2D eigenvalue weighted by molar-refractivity contribution is 0.364. The van der Waals surface area contributed by atoms with E-state index in [1.54, 1.807) is 0 Å². The van der Waals surface area contributed by atoms with E-state index in [0.29, 0.717) is 6.42 Å². The van der Waals surface area contributed by atoms with Crippen molar-refractivity contribution >= 4 is 49.1 Å². The molecule has 1 atom stereocenters. The molecule has 0 spiro atoms. The Morgan fingerprint density at radius 2 is 1.23 bits per heavy atom. The number of pyridine rings is 2. The van der Waals surface area contributed by atoms with Crippen LogP contribution in [0.5, 0.6) is 0 Å². The molecule has 0 bridgehead atoms. The van der Waals surface area contributed by atoms with Crippen molar-refractivity contribution in [3.63, 3.8) is 0 Å². The van der Waals surface area contributed by atoms with Crippen LogP contribution in [-0.4, -0.2) is 20.7 Å². The van der Waals surface area contributed by atoms with Crippen molar-refractivity contribution in [1.29, 1.82) is 0 Å². The van der Waals surface area contributed by atoms with Crippen LogP contribution < -0.4 is 5.36 Å². The highest BCUT2D eigenvalue weighted by Crippen LogP contribution is 2.40. The Hall–Kier alpha value is -5.48. The normalized spacial score (nSPS) is 16.0. The quantitative estimate of drug-likeness (QED) is 0.143. The fourth-order valence-electron chi connectivity index (χ4n) is 8.97. The lowest BCUT2D eigenvalue weighted by Gasteiger charge is -2.27. The average molecular weight is 794 g/mol. The minimum Gasteiger partial charge on any atom is -0.510 e. The fourth-order valence-corrected chi connectivity index (χ4v) is 8.97. The number of aromatic nitrogens is 2. The number of fused-ring (bicyclic) bond motifs is 5. The number of benzene rings is 5. The molecular formula is C56H63N3O. The van der Waals surface area contributed by atoms with Gasteiger partial charge in [0.2, 0.25) is 0 Å². The van der Waals surface area contributed by atoms with Gasteiger partial charge in [-0.25, -0.2) is 0 Å². The maximum Gasteiger partial charge on any atom is 0.118 e. The molecule has 8 rings (SSSR count). The van der Waals surface area contributed by atoms with Gasteiger partial charge >= 0.3 is 0 Å². The summed E-state index contributed by atoms with van der Waals surface area (Å²) in [6, 6.07) is 31.3. The Bertz CT molecular complexity index is 2980. The van der Waals surface area contributed by atoms with Crippen LogP contribution in [0.3, 0.4) is 0 Å². The van der Waals surface area contributed by atoms with Crippen LogP contribution in [0.2, 0.25) is 0 Å². The average Bonchev–Trinajstić information content (AvgIpc) is 3.16. The van der Waals surface area contributed by atoms with Gasteiger partial charge < -0.3 is 9.67 Å². The SMILES string of the molecule is Cc1cccc(C)c1-n1c2cc(C(C)(C)C)ccc2c(=NC2CC=C(c3ccc(C(C)(C)C)cc3)C=C2O)c2cc3c(cc21)c(C(C)(C)C)cc1cc(C(C)(C)C)cnc13. The molecule has 5 aromatic carbocycles. The van der Waals surface area contributed by atoms with Gasteiger partial charge in [-0.3, -0.25) is 9.98 Å². The lowest BCUT2D eigenvalue weighted by atomic mass is 9.81. The molecule has 0 saturated carbocycles. The highest BCUT2D eigenvalue weighted by molar-refractivity contribution is 6.13. The molecule has 2 heterocycles. The topological polar surface area (TPSA) is 50.4 Å². The van der Waals surface area contributed by atoms with Crippen LogP contribution in [0.4, 0.5) is 0 Å². The van der Waals surface area contributed by atoms with Gasteiger partial charge in [0.05, 0.1) is 27.6 Å². The van der Waals surface area contributed by atoms with Crippen molar-refractivity contribution in [3.05, 3.63) is 153 Å². The van der Waals surface area contributed by atoms with Crippen LogP contribution in [0, 0.1) is 13.8 Å². The van der Waals surface area contributed by atoms with Crippen molar-refractivity contribution in [2.45, 2.75) is 131 Å². The van der Waals surface area contributed by atoms with E-state index in [9.17, 15) is 5.11 Å². The summed E-state index contributed by atoms with van der Waals surface area (Å²) < 4.78 is 2.49. The van der Waals surface area contributed by atoms with Gasteiger partial charge in [0.15, 0.2) is 0 Å². The molecule has 0 saturated heterocycles. The van der Waals surface area contributed by atoms with Crippen LogP contribution in [0.25, 0.3) is 54.7 Å². The second-order valence-electron chi connectivity index (χ2n) is 21.5. The Morgan fingerprint density at radius 1 is 0.617 bits per heavy atom. The molecule has 60 heavy (non-hydrogen) atoms. The van der Waals surface area contributed by atoms with E-state index >= 15 is 0 Å². The lowest BCUT2D eigenvalue weighted by Crippen LogP contribution is -2.20. The molecule has 4 nitrogen and oxygen atoms in total. The third-order valence-electron chi connectivity index (χ3n) is 12.7. The summed E-state index contributed by atoms with van der Waals surface area (Å²) in [6.07, 6.45) is 6.80. The molecule has 0 amide bonds. The highest BCUT2D eigenvalue weighted by atomic mass is 16.3. The van der Waals surface area contributed by atoms with Crippen LogP contribution >= 0.6 is 0 Å². The number of nitrogens with zero attached hydrogens (tertiary/aromatic N) is 3. The number of hydrogen-bond donors (Lipinski definition) is 1. The number of allylic oxidation sites excluding steroid dienone is 2. The zero-order valence-electron chi connectivity index (χ0n) is 38.4. The fraction of sp³-hybridized carbons (Fsp3) is 0.357. The molecule has 0 radical (unpaired) electrons. The number of rotatable bonds is 3. The molecule has 308 valence electrons. The standard InChI is InChI=1S/C56H63N3O/c1-33-16-15-17-34(2)52(33)59-47-29-39(54(6,7)8)23-24-41(47)51(58-46-25-20-36(28-49(46)60)35-18-21-38(22-19-35)53(3,4)5)44-30-43-42(31-48(44)59)45(56(12,13)14)27-37-26-40(55(9,10)11)32-57-50(37)43/h15-24,26-32,46,60H,25H2,1-14H3. The van der Waals surface area contributed by atoms with E-state index in [0.717, 1.165) is 54.6 Å². The number of para-hydroxylation sites is 1. The van der Waals surface area contributed by atoms with Gasteiger partial charge in [0, 0.05) is 27.7 Å². The van der Waals surface area contributed by atoms with E-state index in [1.165, 1.54) is 44.5 Å². The van der Waals surface area contributed by atoms with Crippen molar-refractivity contribution in [2.75, 3.05) is 0 Å². The number of aryl methyl sites for hydroxylation is 2. The Balaban J connectivity index is 1.50. The second-order valence-corrected chi connectivity index (χ2v) is 21.5. The molecular weight excluding hydrogens is 731 g/mol. The molecule has 0 fully saturated rings. The first-order chi connectivity index (χ1) is 28.0. The Morgan fingerprint density at radius 3 is 1.83 bits per heavy atom. The summed E-state index contributed by atoms with van der Waals surface area (Å²) in [5.41, 5.74) is 13.8. The van der Waals surface area contributed by atoms with E-state index in [4.69, 9.17) is 9.98 Å².